The molecule has 8 heteroatoms. The van der Waals surface area contributed by atoms with Crippen LogP contribution >= 0.6 is 0 Å². The minimum absolute atomic E-state index is 0.0128. The van der Waals surface area contributed by atoms with Gasteiger partial charge in [0.05, 0.1) is 22.1 Å². The molecule has 2 aromatic rings. The Kier molecular flexibility index (Phi) is 5.43. The fraction of sp³-hybridized carbons (Fsp3) is 0.118. The van der Waals surface area contributed by atoms with Gasteiger partial charge in [0, 0.05) is 6.07 Å². The normalized spacial score (nSPS) is 11.0. The lowest BCUT2D eigenvalue weighted by atomic mass is 10.1. The van der Waals surface area contributed by atoms with E-state index in [0.29, 0.717) is 5.56 Å². The van der Waals surface area contributed by atoms with Crippen molar-refractivity contribution in [3.05, 3.63) is 69.8 Å². The van der Waals surface area contributed by atoms with Gasteiger partial charge in [-0.1, -0.05) is 12.1 Å². The third-order valence-electron chi connectivity index (χ3n) is 3.26. The van der Waals surface area contributed by atoms with Crippen molar-refractivity contribution in [3.63, 3.8) is 0 Å². The lowest BCUT2D eigenvalue weighted by Crippen LogP contribution is -2.30. The summed E-state index contributed by atoms with van der Waals surface area (Å²) in [7, 11) is 0. The van der Waals surface area contributed by atoms with Crippen molar-refractivity contribution in [2.45, 2.75) is 13.0 Å². The standard InChI is InChI=1S/C17H13N3O5/c1-11(25-17(22)13-8-6-12(10-18)7-9-13)16(21)19-14-4-2-3-5-15(14)20(23)24/h2-9,11H,1H3,(H,19,21)/t11-/m1/s1. The lowest BCUT2D eigenvalue weighted by Gasteiger charge is -2.13. The van der Waals surface area contributed by atoms with Crippen LogP contribution in [0, 0.1) is 21.4 Å². The van der Waals surface area contributed by atoms with Crippen molar-refractivity contribution in [2.24, 2.45) is 0 Å². The van der Waals surface area contributed by atoms with Crippen LogP contribution in [0.5, 0.6) is 0 Å². The maximum Gasteiger partial charge on any atom is 0.338 e. The van der Waals surface area contributed by atoms with Crippen LogP contribution in [-0.4, -0.2) is 22.9 Å². The average molecular weight is 339 g/mol. The Balaban J connectivity index is 2.04. The van der Waals surface area contributed by atoms with Crippen LogP contribution < -0.4 is 5.32 Å². The van der Waals surface area contributed by atoms with Gasteiger partial charge in [0.1, 0.15) is 5.69 Å². The molecule has 0 aliphatic carbocycles. The Morgan fingerprint density at radius 1 is 1.20 bits per heavy atom. The van der Waals surface area contributed by atoms with Crippen LogP contribution in [0.25, 0.3) is 0 Å². The highest BCUT2D eigenvalue weighted by molar-refractivity contribution is 5.98. The smallest absolute Gasteiger partial charge is 0.338 e. The van der Waals surface area contributed by atoms with Crippen molar-refractivity contribution < 1.29 is 19.2 Å². The minimum atomic E-state index is -1.16. The second kappa shape index (κ2) is 7.70. The van der Waals surface area contributed by atoms with E-state index in [4.69, 9.17) is 10.00 Å². The van der Waals surface area contributed by atoms with E-state index in [1.54, 1.807) is 0 Å². The van der Waals surface area contributed by atoms with E-state index in [9.17, 15) is 19.7 Å². The highest BCUT2D eigenvalue weighted by Gasteiger charge is 2.22. The number of nitriles is 1. The molecule has 2 rings (SSSR count). The summed E-state index contributed by atoms with van der Waals surface area (Å²) >= 11 is 0. The molecule has 1 atom stereocenters. The molecule has 0 fully saturated rings. The van der Waals surface area contributed by atoms with Crippen molar-refractivity contribution in [1.82, 2.24) is 0 Å². The van der Waals surface area contributed by atoms with E-state index in [1.807, 2.05) is 6.07 Å². The fourth-order valence-electron chi connectivity index (χ4n) is 1.94. The molecule has 0 spiro atoms. The van der Waals surface area contributed by atoms with E-state index in [0.717, 1.165) is 0 Å². The monoisotopic (exact) mass is 339 g/mol. The van der Waals surface area contributed by atoms with Gasteiger partial charge in [-0.2, -0.15) is 5.26 Å². The molecule has 0 heterocycles. The summed E-state index contributed by atoms with van der Waals surface area (Å²) in [6, 6.07) is 13.3. The summed E-state index contributed by atoms with van der Waals surface area (Å²) in [5.41, 5.74) is 0.323. The highest BCUT2D eigenvalue weighted by Crippen LogP contribution is 2.23. The number of amides is 1. The summed E-state index contributed by atoms with van der Waals surface area (Å²) in [5, 5.41) is 22.0. The second-order valence-corrected chi connectivity index (χ2v) is 5.00. The molecule has 0 aliphatic heterocycles. The van der Waals surface area contributed by atoms with E-state index >= 15 is 0 Å². The number of anilines is 1. The molecule has 0 unspecified atom stereocenters. The molecule has 2 aromatic carbocycles. The Morgan fingerprint density at radius 2 is 1.84 bits per heavy atom. The summed E-state index contributed by atoms with van der Waals surface area (Å²) in [6.45, 7) is 1.35. The van der Waals surface area contributed by atoms with Crippen LogP contribution in [0.1, 0.15) is 22.8 Å². The fourth-order valence-corrected chi connectivity index (χ4v) is 1.94. The number of nitrogens with one attached hydrogen (secondary N) is 1. The first kappa shape index (κ1) is 17.6. The highest BCUT2D eigenvalue weighted by atomic mass is 16.6. The number of hydrogen-bond acceptors (Lipinski definition) is 6. The molecular formula is C17H13N3O5. The Bertz CT molecular complexity index is 855. The van der Waals surface area contributed by atoms with E-state index < -0.39 is 22.9 Å². The number of carbonyl (C=O) groups excluding carboxylic acids is 2. The molecule has 0 radical (unpaired) electrons. The van der Waals surface area contributed by atoms with E-state index in [2.05, 4.69) is 5.32 Å². The van der Waals surface area contributed by atoms with E-state index in [1.165, 1.54) is 55.5 Å². The predicted octanol–water partition coefficient (Wildman–Crippen LogP) is 2.65. The number of nitro groups is 1. The number of esters is 1. The minimum Gasteiger partial charge on any atom is -0.449 e. The van der Waals surface area contributed by atoms with Crippen LogP contribution in [-0.2, 0) is 9.53 Å². The van der Waals surface area contributed by atoms with Gasteiger partial charge in [-0.15, -0.1) is 0 Å². The first-order valence-corrected chi connectivity index (χ1v) is 7.18. The number of nitro benzene ring substituents is 1. The summed E-state index contributed by atoms with van der Waals surface area (Å²) < 4.78 is 5.04. The van der Waals surface area contributed by atoms with Crippen LogP contribution in [0.2, 0.25) is 0 Å². The maximum atomic E-state index is 12.1. The van der Waals surface area contributed by atoms with Gasteiger partial charge in [-0.05, 0) is 37.3 Å². The summed E-state index contributed by atoms with van der Waals surface area (Å²) in [5.74, 6) is -1.44. The van der Waals surface area contributed by atoms with Gasteiger partial charge in [-0.25, -0.2) is 4.79 Å². The van der Waals surface area contributed by atoms with Gasteiger partial charge in [-0.3, -0.25) is 14.9 Å². The van der Waals surface area contributed by atoms with Gasteiger partial charge in [0.25, 0.3) is 11.6 Å². The molecule has 126 valence electrons. The number of hydrogen-bond donors (Lipinski definition) is 1. The van der Waals surface area contributed by atoms with Crippen molar-refractivity contribution in [2.75, 3.05) is 5.32 Å². The van der Waals surface area contributed by atoms with Crippen molar-refractivity contribution in [1.29, 1.82) is 5.26 Å². The SMILES string of the molecule is C[C@@H](OC(=O)c1ccc(C#N)cc1)C(=O)Nc1ccccc1[N+](=O)[O-]. The van der Waals surface area contributed by atoms with Gasteiger partial charge < -0.3 is 10.1 Å². The number of para-hydroxylation sites is 2. The van der Waals surface area contributed by atoms with E-state index in [-0.39, 0.29) is 16.9 Å². The molecular weight excluding hydrogens is 326 g/mol. The molecule has 8 nitrogen and oxygen atoms in total. The molecule has 0 aromatic heterocycles. The molecule has 0 bridgehead atoms. The van der Waals surface area contributed by atoms with Gasteiger partial charge in [0.2, 0.25) is 0 Å². The average Bonchev–Trinajstić information content (AvgIpc) is 2.61. The summed E-state index contributed by atoms with van der Waals surface area (Å²) in [6.07, 6.45) is -1.16. The van der Waals surface area contributed by atoms with Crippen LogP contribution in [0.3, 0.4) is 0 Å². The predicted molar refractivity (Wildman–Crippen MR) is 87.8 cm³/mol. The number of benzene rings is 2. The zero-order chi connectivity index (χ0) is 18.4. The van der Waals surface area contributed by atoms with Crippen molar-refractivity contribution >= 4 is 23.3 Å². The zero-order valence-electron chi connectivity index (χ0n) is 13.1. The molecule has 0 saturated carbocycles. The van der Waals surface area contributed by atoms with Gasteiger partial charge >= 0.3 is 5.97 Å². The Hall–Kier alpha value is -3.73. The molecule has 1 N–H and O–H groups in total. The topological polar surface area (TPSA) is 122 Å². The summed E-state index contributed by atoms with van der Waals surface area (Å²) in [4.78, 5) is 34.4. The van der Waals surface area contributed by atoms with Crippen LogP contribution in [0.15, 0.2) is 48.5 Å². The largest absolute Gasteiger partial charge is 0.449 e. The number of rotatable bonds is 5. The van der Waals surface area contributed by atoms with Crippen molar-refractivity contribution in [3.8, 4) is 6.07 Å². The second-order valence-electron chi connectivity index (χ2n) is 5.00. The zero-order valence-corrected chi connectivity index (χ0v) is 13.1. The number of ether oxygens (including phenoxy) is 1. The number of nitrogens with zero attached hydrogens (tertiary/aromatic N) is 2. The van der Waals surface area contributed by atoms with Gasteiger partial charge in [0.15, 0.2) is 6.10 Å². The first-order valence-electron chi connectivity index (χ1n) is 7.18. The molecule has 0 saturated heterocycles. The third kappa shape index (κ3) is 4.39. The molecule has 0 aliphatic rings. The first-order chi connectivity index (χ1) is 11.9. The third-order valence-corrected chi connectivity index (χ3v) is 3.26. The quantitative estimate of drug-likeness (QED) is 0.507. The molecule has 25 heavy (non-hydrogen) atoms. The lowest BCUT2D eigenvalue weighted by molar-refractivity contribution is -0.383. The Morgan fingerprint density at radius 3 is 2.44 bits per heavy atom. The Labute approximate surface area is 142 Å². The number of carbonyl (C=O) groups is 2. The maximum absolute atomic E-state index is 12.1. The van der Waals surface area contributed by atoms with Crippen LogP contribution in [0.4, 0.5) is 11.4 Å². The molecule has 1 amide bonds.